The molecule has 0 spiro atoms. The first-order chi connectivity index (χ1) is 10.3. The van der Waals surface area contributed by atoms with Crippen LogP contribution in [0.15, 0.2) is 18.2 Å². The minimum atomic E-state index is -0.175. The van der Waals surface area contributed by atoms with E-state index in [1.54, 1.807) is 0 Å². The number of nitrogens with one attached hydrogen (secondary N) is 2. The summed E-state index contributed by atoms with van der Waals surface area (Å²) in [6.45, 7) is 2.29. The molecule has 0 radical (unpaired) electrons. The van der Waals surface area contributed by atoms with Crippen LogP contribution in [0, 0.1) is 5.92 Å². The third kappa shape index (κ3) is 3.11. The number of hydrogen-bond donors (Lipinski definition) is 2. The molecule has 1 aromatic rings. The molecule has 2 unspecified atom stereocenters. The highest BCUT2D eigenvalue weighted by molar-refractivity contribution is 5.93. The van der Waals surface area contributed by atoms with Gasteiger partial charge in [-0.3, -0.25) is 4.79 Å². The van der Waals surface area contributed by atoms with E-state index in [1.807, 2.05) is 25.2 Å². The first-order valence-corrected chi connectivity index (χ1v) is 7.23. The SMILES string of the molecule is CNC1COCC1C(=O)Nc1ccc2c(c1)OCCCO2. The average molecular weight is 292 g/mol. The third-order valence-electron chi connectivity index (χ3n) is 3.80. The number of carbonyl (C=O) groups is 1. The van der Waals surface area contributed by atoms with Crippen molar-refractivity contribution in [2.75, 3.05) is 38.8 Å². The average Bonchev–Trinajstić information content (AvgIpc) is 2.86. The van der Waals surface area contributed by atoms with E-state index in [2.05, 4.69) is 10.6 Å². The minimum absolute atomic E-state index is 0.0404. The molecule has 6 heteroatoms. The first-order valence-electron chi connectivity index (χ1n) is 7.23. The lowest BCUT2D eigenvalue weighted by molar-refractivity contribution is -0.120. The number of rotatable bonds is 3. The molecule has 21 heavy (non-hydrogen) atoms. The normalized spacial score (nSPS) is 24.4. The molecule has 0 saturated carbocycles. The molecule has 2 heterocycles. The molecule has 0 aromatic heterocycles. The Morgan fingerprint density at radius 3 is 2.81 bits per heavy atom. The second-order valence-corrected chi connectivity index (χ2v) is 5.24. The van der Waals surface area contributed by atoms with Crippen molar-refractivity contribution in [2.24, 2.45) is 5.92 Å². The third-order valence-corrected chi connectivity index (χ3v) is 3.80. The predicted molar refractivity (Wildman–Crippen MR) is 77.8 cm³/mol. The second kappa shape index (κ2) is 6.32. The van der Waals surface area contributed by atoms with Crippen LogP contribution in [0.2, 0.25) is 0 Å². The van der Waals surface area contributed by atoms with Gasteiger partial charge in [-0.05, 0) is 19.2 Å². The van der Waals surface area contributed by atoms with E-state index in [1.165, 1.54) is 0 Å². The van der Waals surface area contributed by atoms with Crippen molar-refractivity contribution in [1.29, 1.82) is 0 Å². The summed E-state index contributed by atoms with van der Waals surface area (Å²) >= 11 is 0. The monoisotopic (exact) mass is 292 g/mol. The van der Waals surface area contributed by atoms with Crippen LogP contribution in [0.3, 0.4) is 0 Å². The number of carbonyl (C=O) groups excluding carboxylic acids is 1. The lowest BCUT2D eigenvalue weighted by Crippen LogP contribution is -2.39. The highest BCUT2D eigenvalue weighted by Crippen LogP contribution is 2.32. The van der Waals surface area contributed by atoms with Gasteiger partial charge in [0.05, 0.1) is 32.3 Å². The number of amides is 1. The van der Waals surface area contributed by atoms with E-state index in [-0.39, 0.29) is 17.9 Å². The quantitative estimate of drug-likeness (QED) is 0.870. The van der Waals surface area contributed by atoms with Crippen molar-refractivity contribution in [1.82, 2.24) is 5.32 Å². The second-order valence-electron chi connectivity index (χ2n) is 5.24. The van der Waals surface area contributed by atoms with E-state index in [0.29, 0.717) is 37.9 Å². The van der Waals surface area contributed by atoms with Gasteiger partial charge in [-0.2, -0.15) is 0 Å². The number of ether oxygens (including phenoxy) is 3. The number of fused-ring (bicyclic) bond motifs is 1. The van der Waals surface area contributed by atoms with E-state index in [9.17, 15) is 4.79 Å². The van der Waals surface area contributed by atoms with Crippen LogP contribution < -0.4 is 20.1 Å². The van der Waals surface area contributed by atoms with Crippen molar-refractivity contribution >= 4 is 11.6 Å². The van der Waals surface area contributed by atoms with Crippen LogP contribution >= 0.6 is 0 Å². The van der Waals surface area contributed by atoms with Crippen molar-refractivity contribution < 1.29 is 19.0 Å². The molecule has 2 N–H and O–H groups in total. The van der Waals surface area contributed by atoms with Crippen LogP contribution in [0.5, 0.6) is 11.5 Å². The summed E-state index contributed by atoms with van der Waals surface area (Å²) in [5.41, 5.74) is 0.714. The van der Waals surface area contributed by atoms with Gasteiger partial charge in [-0.25, -0.2) is 0 Å². The van der Waals surface area contributed by atoms with E-state index >= 15 is 0 Å². The maximum absolute atomic E-state index is 12.3. The van der Waals surface area contributed by atoms with Crippen LogP contribution in [0.25, 0.3) is 0 Å². The standard InChI is InChI=1S/C15H20N2O4/c1-16-12-9-19-8-11(12)15(18)17-10-3-4-13-14(7-10)21-6-2-5-20-13/h3-4,7,11-12,16H,2,5-6,8-9H2,1H3,(H,17,18). The summed E-state index contributed by atoms with van der Waals surface area (Å²) in [6, 6.07) is 5.53. The van der Waals surface area contributed by atoms with Gasteiger partial charge in [0.25, 0.3) is 0 Å². The Morgan fingerprint density at radius 2 is 2.00 bits per heavy atom. The highest BCUT2D eigenvalue weighted by atomic mass is 16.5. The first kappa shape index (κ1) is 14.2. The maximum atomic E-state index is 12.3. The fourth-order valence-electron chi connectivity index (χ4n) is 2.57. The van der Waals surface area contributed by atoms with Gasteiger partial charge in [0.15, 0.2) is 11.5 Å². The van der Waals surface area contributed by atoms with Crippen LogP contribution in [0.4, 0.5) is 5.69 Å². The molecule has 2 aliphatic rings. The van der Waals surface area contributed by atoms with Crippen LogP contribution in [-0.4, -0.2) is 45.4 Å². The summed E-state index contributed by atoms with van der Waals surface area (Å²) in [6.07, 6.45) is 0.861. The Kier molecular flexibility index (Phi) is 4.26. The zero-order valence-electron chi connectivity index (χ0n) is 12.1. The number of benzene rings is 1. The number of anilines is 1. The maximum Gasteiger partial charge on any atom is 0.231 e. The summed E-state index contributed by atoms with van der Waals surface area (Å²) in [7, 11) is 1.84. The summed E-state index contributed by atoms with van der Waals surface area (Å²) in [5.74, 6) is 1.19. The Balaban J connectivity index is 1.70. The van der Waals surface area contributed by atoms with Gasteiger partial charge < -0.3 is 24.8 Å². The lowest BCUT2D eigenvalue weighted by atomic mass is 10.0. The zero-order chi connectivity index (χ0) is 14.7. The van der Waals surface area contributed by atoms with Crippen molar-refractivity contribution in [3.63, 3.8) is 0 Å². The molecule has 1 fully saturated rings. The highest BCUT2D eigenvalue weighted by Gasteiger charge is 2.33. The largest absolute Gasteiger partial charge is 0.490 e. The van der Waals surface area contributed by atoms with Crippen LogP contribution in [0.1, 0.15) is 6.42 Å². The molecule has 3 rings (SSSR count). The smallest absolute Gasteiger partial charge is 0.231 e. The van der Waals surface area contributed by atoms with Crippen molar-refractivity contribution in [3.05, 3.63) is 18.2 Å². The fraction of sp³-hybridized carbons (Fsp3) is 0.533. The van der Waals surface area contributed by atoms with Crippen molar-refractivity contribution in [3.8, 4) is 11.5 Å². The lowest BCUT2D eigenvalue weighted by Gasteiger charge is -2.17. The number of likely N-dealkylation sites (N-methyl/N-ethyl adjacent to an activating group) is 1. The summed E-state index contributed by atoms with van der Waals surface area (Å²) < 4.78 is 16.6. The molecular weight excluding hydrogens is 272 g/mol. The Hall–Kier alpha value is -1.79. The van der Waals surface area contributed by atoms with Gasteiger partial charge in [0, 0.05) is 24.2 Å². The Morgan fingerprint density at radius 1 is 1.19 bits per heavy atom. The molecule has 6 nitrogen and oxygen atoms in total. The molecule has 0 aliphatic carbocycles. The zero-order valence-corrected chi connectivity index (χ0v) is 12.1. The minimum Gasteiger partial charge on any atom is -0.490 e. The molecule has 2 aliphatic heterocycles. The van der Waals surface area contributed by atoms with Crippen LogP contribution in [-0.2, 0) is 9.53 Å². The Labute approximate surface area is 123 Å². The molecular formula is C15H20N2O4. The Bertz CT molecular complexity index is 520. The van der Waals surface area contributed by atoms with E-state index in [4.69, 9.17) is 14.2 Å². The van der Waals surface area contributed by atoms with Gasteiger partial charge in [0.1, 0.15) is 0 Å². The van der Waals surface area contributed by atoms with E-state index < -0.39 is 0 Å². The van der Waals surface area contributed by atoms with Gasteiger partial charge in [-0.15, -0.1) is 0 Å². The molecule has 0 bridgehead atoms. The van der Waals surface area contributed by atoms with Gasteiger partial charge >= 0.3 is 0 Å². The van der Waals surface area contributed by atoms with E-state index in [0.717, 1.165) is 12.2 Å². The predicted octanol–water partition coefficient (Wildman–Crippen LogP) is 1.02. The van der Waals surface area contributed by atoms with Crippen molar-refractivity contribution in [2.45, 2.75) is 12.5 Å². The molecule has 1 saturated heterocycles. The molecule has 114 valence electrons. The molecule has 2 atom stereocenters. The molecule has 1 amide bonds. The molecule has 1 aromatic carbocycles. The summed E-state index contributed by atoms with van der Waals surface area (Å²) in [4.78, 5) is 12.3. The topological polar surface area (TPSA) is 68.8 Å². The summed E-state index contributed by atoms with van der Waals surface area (Å²) in [5, 5.41) is 6.03. The van der Waals surface area contributed by atoms with Gasteiger partial charge in [-0.1, -0.05) is 0 Å². The number of hydrogen-bond acceptors (Lipinski definition) is 5. The fourth-order valence-corrected chi connectivity index (χ4v) is 2.57. The van der Waals surface area contributed by atoms with Gasteiger partial charge in [0.2, 0.25) is 5.91 Å².